The molecule has 2 heterocycles. The summed E-state index contributed by atoms with van der Waals surface area (Å²) in [5.41, 5.74) is 7.63. The molecule has 0 aliphatic heterocycles. The monoisotopic (exact) mass is 273 g/mol. The molecule has 20 heavy (non-hydrogen) atoms. The third kappa shape index (κ3) is 1.93. The molecule has 0 unspecified atom stereocenters. The van der Waals surface area contributed by atoms with E-state index in [2.05, 4.69) is 15.2 Å². The van der Waals surface area contributed by atoms with Crippen LogP contribution in [0.4, 0.5) is 10.2 Å². The van der Waals surface area contributed by atoms with Crippen molar-refractivity contribution in [3.05, 3.63) is 35.8 Å². The fraction of sp³-hybridized carbons (Fsp3) is 0.154. The van der Waals surface area contributed by atoms with E-state index in [4.69, 9.17) is 10.3 Å². The van der Waals surface area contributed by atoms with Gasteiger partial charge in [0.25, 0.3) is 5.89 Å². The van der Waals surface area contributed by atoms with Gasteiger partial charge in [-0.15, -0.1) is 0 Å². The predicted octanol–water partition coefficient (Wildman–Crippen LogP) is 2.17. The van der Waals surface area contributed by atoms with E-state index in [1.807, 2.05) is 0 Å². The number of nitrogens with two attached hydrogens (primary N) is 1. The van der Waals surface area contributed by atoms with E-state index < -0.39 is 0 Å². The Labute approximate surface area is 114 Å². The number of nitrogens with zero attached hydrogens (tertiary/aromatic N) is 4. The first-order chi connectivity index (χ1) is 9.56. The van der Waals surface area contributed by atoms with Crippen molar-refractivity contribution in [2.24, 2.45) is 7.05 Å². The molecule has 0 saturated carbocycles. The van der Waals surface area contributed by atoms with Crippen LogP contribution in [0.2, 0.25) is 0 Å². The molecule has 2 N–H and O–H groups in total. The maximum absolute atomic E-state index is 13.2. The number of anilines is 1. The summed E-state index contributed by atoms with van der Waals surface area (Å²) >= 11 is 0. The lowest BCUT2D eigenvalue weighted by Gasteiger charge is -1.98. The number of benzene rings is 1. The topological polar surface area (TPSA) is 82.8 Å². The summed E-state index contributed by atoms with van der Waals surface area (Å²) < 4.78 is 19.9. The Morgan fingerprint density at radius 1 is 1.35 bits per heavy atom. The zero-order valence-corrected chi connectivity index (χ0v) is 11.0. The lowest BCUT2D eigenvalue weighted by atomic mass is 10.1. The van der Waals surface area contributed by atoms with Crippen LogP contribution in [0.1, 0.15) is 5.56 Å². The molecular weight excluding hydrogens is 261 g/mol. The Morgan fingerprint density at radius 3 is 2.80 bits per heavy atom. The van der Waals surface area contributed by atoms with Gasteiger partial charge >= 0.3 is 0 Å². The minimum Gasteiger partial charge on any atom is -0.383 e. The van der Waals surface area contributed by atoms with Crippen LogP contribution in [-0.4, -0.2) is 19.9 Å². The van der Waals surface area contributed by atoms with Gasteiger partial charge in [-0.2, -0.15) is 10.1 Å². The summed E-state index contributed by atoms with van der Waals surface area (Å²) in [7, 11) is 1.72. The molecule has 6 nitrogen and oxygen atoms in total. The largest absolute Gasteiger partial charge is 0.383 e. The Hall–Kier alpha value is -2.70. The third-order valence-electron chi connectivity index (χ3n) is 3.06. The summed E-state index contributed by atoms with van der Waals surface area (Å²) in [4.78, 5) is 4.26. The van der Waals surface area contributed by atoms with Crippen LogP contribution in [0.15, 0.2) is 28.9 Å². The van der Waals surface area contributed by atoms with Crippen LogP contribution >= 0.6 is 0 Å². The highest BCUT2D eigenvalue weighted by Gasteiger charge is 2.16. The molecule has 1 aromatic carbocycles. The van der Waals surface area contributed by atoms with Crippen molar-refractivity contribution in [1.82, 2.24) is 19.9 Å². The quantitative estimate of drug-likeness (QED) is 0.773. The highest BCUT2D eigenvalue weighted by Crippen LogP contribution is 2.26. The third-order valence-corrected chi connectivity index (χ3v) is 3.06. The van der Waals surface area contributed by atoms with Crippen molar-refractivity contribution >= 4 is 5.82 Å². The SMILES string of the molecule is Cc1cc(-c2noc(-c3cnn(C)c3N)n2)ccc1F. The molecule has 0 spiro atoms. The van der Waals surface area contributed by atoms with Gasteiger partial charge in [-0.1, -0.05) is 5.16 Å². The van der Waals surface area contributed by atoms with E-state index in [1.165, 1.54) is 10.7 Å². The lowest BCUT2D eigenvalue weighted by molar-refractivity contribution is 0.432. The standard InChI is InChI=1S/C13H12FN5O/c1-7-5-8(3-4-10(7)14)12-17-13(20-18-12)9-6-16-19(2)11(9)15/h3-6H,15H2,1-2H3. The smallest absolute Gasteiger partial charge is 0.263 e. The maximum Gasteiger partial charge on any atom is 0.263 e. The zero-order chi connectivity index (χ0) is 14.3. The van der Waals surface area contributed by atoms with Crippen LogP contribution in [0.25, 0.3) is 22.8 Å². The summed E-state index contributed by atoms with van der Waals surface area (Å²) in [6.45, 7) is 1.68. The second kappa shape index (κ2) is 4.44. The second-order valence-corrected chi connectivity index (χ2v) is 4.45. The van der Waals surface area contributed by atoms with Crippen LogP contribution in [0.5, 0.6) is 0 Å². The second-order valence-electron chi connectivity index (χ2n) is 4.45. The molecule has 0 radical (unpaired) electrons. The van der Waals surface area contributed by atoms with Gasteiger partial charge in [0.2, 0.25) is 5.82 Å². The van der Waals surface area contributed by atoms with Crippen LogP contribution in [0.3, 0.4) is 0 Å². The summed E-state index contributed by atoms with van der Waals surface area (Å²) in [6.07, 6.45) is 1.56. The van der Waals surface area contributed by atoms with Gasteiger partial charge in [-0.25, -0.2) is 4.39 Å². The number of hydrogen-bond donors (Lipinski definition) is 1. The van der Waals surface area contributed by atoms with E-state index in [-0.39, 0.29) is 11.7 Å². The fourth-order valence-electron chi connectivity index (χ4n) is 1.85. The first-order valence-corrected chi connectivity index (χ1v) is 5.94. The number of nitrogen functional groups attached to an aromatic ring is 1. The van der Waals surface area contributed by atoms with Gasteiger partial charge in [-0.05, 0) is 30.7 Å². The minimum absolute atomic E-state index is 0.269. The minimum atomic E-state index is -0.269. The van der Waals surface area contributed by atoms with Crippen molar-refractivity contribution in [2.75, 3.05) is 5.73 Å². The van der Waals surface area contributed by atoms with Crippen LogP contribution in [-0.2, 0) is 7.05 Å². The van der Waals surface area contributed by atoms with Crippen molar-refractivity contribution in [3.8, 4) is 22.8 Å². The molecule has 7 heteroatoms. The lowest BCUT2D eigenvalue weighted by Crippen LogP contribution is -1.98. The Balaban J connectivity index is 2.01. The number of hydrogen-bond acceptors (Lipinski definition) is 5. The van der Waals surface area contributed by atoms with Gasteiger partial charge < -0.3 is 10.3 Å². The van der Waals surface area contributed by atoms with Gasteiger partial charge in [0.1, 0.15) is 17.2 Å². The van der Waals surface area contributed by atoms with Crippen molar-refractivity contribution < 1.29 is 8.91 Å². The Kier molecular flexibility index (Phi) is 2.74. The number of aromatic nitrogens is 4. The molecule has 102 valence electrons. The van der Waals surface area contributed by atoms with Gasteiger partial charge in [-0.3, -0.25) is 4.68 Å². The number of rotatable bonds is 2. The van der Waals surface area contributed by atoms with Gasteiger partial charge in [0.05, 0.1) is 6.20 Å². The van der Waals surface area contributed by atoms with E-state index in [0.717, 1.165) is 0 Å². The van der Waals surface area contributed by atoms with Crippen molar-refractivity contribution in [1.29, 1.82) is 0 Å². The highest BCUT2D eigenvalue weighted by molar-refractivity contribution is 5.68. The molecule has 0 saturated heterocycles. The molecule has 3 rings (SSSR count). The average molecular weight is 273 g/mol. The van der Waals surface area contributed by atoms with E-state index in [0.29, 0.717) is 28.3 Å². The van der Waals surface area contributed by atoms with Crippen LogP contribution in [0, 0.1) is 12.7 Å². The Bertz CT molecular complexity index is 777. The Morgan fingerprint density at radius 2 is 2.15 bits per heavy atom. The summed E-state index contributed by atoms with van der Waals surface area (Å²) in [5.74, 6) is 0.836. The summed E-state index contributed by atoms with van der Waals surface area (Å²) in [6, 6.07) is 4.64. The van der Waals surface area contributed by atoms with E-state index in [9.17, 15) is 4.39 Å². The number of aryl methyl sites for hydroxylation is 2. The van der Waals surface area contributed by atoms with E-state index in [1.54, 1.807) is 32.3 Å². The molecule has 0 amide bonds. The molecule has 3 aromatic rings. The molecule has 0 fully saturated rings. The first kappa shape index (κ1) is 12.3. The average Bonchev–Trinajstić information content (AvgIpc) is 3.02. The fourth-order valence-corrected chi connectivity index (χ4v) is 1.85. The normalized spacial score (nSPS) is 10.9. The molecule has 0 aliphatic carbocycles. The molecule has 0 bridgehead atoms. The van der Waals surface area contributed by atoms with Crippen LogP contribution < -0.4 is 5.73 Å². The molecule has 2 aromatic heterocycles. The first-order valence-electron chi connectivity index (χ1n) is 5.94. The zero-order valence-electron chi connectivity index (χ0n) is 11.0. The predicted molar refractivity (Wildman–Crippen MR) is 71.0 cm³/mol. The van der Waals surface area contributed by atoms with Gasteiger partial charge in [0, 0.05) is 12.6 Å². The molecule has 0 atom stereocenters. The van der Waals surface area contributed by atoms with E-state index >= 15 is 0 Å². The maximum atomic E-state index is 13.2. The number of halogens is 1. The molecular formula is C13H12FN5O. The van der Waals surface area contributed by atoms with Crippen molar-refractivity contribution in [2.45, 2.75) is 6.92 Å². The summed E-state index contributed by atoms with van der Waals surface area (Å²) in [5, 5.41) is 7.90. The van der Waals surface area contributed by atoms with Crippen molar-refractivity contribution in [3.63, 3.8) is 0 Å². The molecule has 0 aliphatic rings. The highest BCUT2D eigenvalue weighted by atomic mass is 19.1. The van der Waals surface area contributed by atoms with Gasteiger partial charge in [0.15, 0.2) is 0 Å².